The number of thiol groups is 1. The minimum atomic E-state index is -4.95. The molecule has 0 radical (unpaired) electrons. The Hall–Kier alpha value is -3.61. The summed E-state index contributed by atoms with van der Waals surface area (Å²) in [7, 11) is -5.71. The molecule has 0 aliphatic heterocycles. The molecule has 3 atom stereocenters. The first kappa shape index (κ1) is 39.8. The highest BCUT2D eigenvalue weighted by molar-refractivity contribution is 8.17. The lowest BCUT2D eigenvalue weighted by Gasteiger charge is -2.69. The normalized spacial score (nSPS) is 33.7. The van der Waals surface area contributed by atoms with Gasteiger partial charge in [-0.15, -0.1) is 0 Å². The van der Waals surface area contributed by atoms with E-state index < -0.39 is 39.3 Å². The zero-order valence-corrected chi connectivity index (χ0v) is 35.0. The SMILES string of the molecule is Cc1cc([SH](c2ccccc2)c2ccccc2)cc(C)c1OCC(=O)OC1C2CC3CC1CC(C2)C3C12CC3CC(CC(COC(=O)OCC(F)S(=O)(=O)O)(C3)C1)C2. The number of ether oxygens (including phenoxy) is 4. The molecule has 9 nitrogen and oxygen atoms in total. The van der Waals surface area contributed by atoms with Crippen LogP contribution in [0.3, 0.4) is 0 Å². The molecular formula is C46H55FO9S2. The third-order valence-corrected chi connectivity index (χ3v) is 18.0. The minimum Gasteiger partial charge on any atom is -0.481 e. The first-order valence-corrected chi connectivity index (χ1v) is 23.9. The molecule has 12 heteroatoms. The van der Waals surface area contributed by atoms with Crippen molar-refractivity contribution in [2.24, 2.45) is 52.3 Å². The second-order valence-corrected chi connectivity index (χ2v) is 22.5. The van der Waals surface area contributed by atoms with Gasteiger partial charge in [0.25, 0.3) is 5.50 Å². The summed E-state index contributed by atoms with van der Waals surface area (Å²) >= 11 is 0. The van der Waals surface area contributed by atoms with Crippen molar-refractivity contribution in [1.82, 2.24) is 0 Å². The van der Waals surface area contributed by atoms with Crippen molar-refractivity contribution in [3.05, 3.63) is 83.9 Å². The lowest BCUT2D eigenvalue weighted by Crippen LogP contribution is -2.63. The second kappa shape index (κ2) is 15.4. The fourth-order valence-corrected chi connectivity index (χ4v) is 16.5. The summed E-state index contributed by atoms with van der Waals surface area (Å²) in [5.41, 5.74) is -0.646. The van der Waals surface area contributed by atoms with E-state index >= 15 is 0 Å². The third-order valence-electron chi connectivity index (χ3n) is 14.8. The second-order valence-electron chi connectivity index (χ2n) is 18.8. The van der Waals surface area contributed by atoms with Crippen LogP contribution in [-0.2, 0) is 29.1 Å². The topological polar surface area (TPSA) is 125 Å². The molecule has 0 spiro atoms. The Balaban J connectivity index is 0.819. The van der Waals surface area contributed by atoms with Gasteiger partial charge < -0.3 is 18.9 Å². The summed E-state index contributed by atoms with van der Waals surface area (Å²) in [5.74, 6) is 4.14. The minimum absolute atomic E-state index is 0.0683. The van der Waals surface area contributed by atoms with E-state index in [0.29, 0.717) is 41.4 Å². The first-order valence-electron chi connectivity index (χ1n) is 21.0. The molecule has 3 aromatic carbocycles. The molecule has 3 unspecified atom stereocenters. The fourth-order valence-electron chi connectivity index (χ4n) is 13.8. The molecule has 0 aromatic heterocycles. The van der Waals surface area contributed by atoms with Crippen molar-refractivity contribution in [2.75, 3.05) is 19.8 Å². The number of carbonyl (C=O) groups excluding carboxylic acids is 2. The highest BCUT2D eigenvalue weighted by Gasteiger charge is 2.66. The number of hydrogen-bond acceptors (Lipinski definition) is 8. The number of benzene rings is 3. The van der Waals surface area contributed by atoms with Crippen molar-refractivity contribution in [3.63, 3.8) is 0 Å². The van der Waals surface area contributed by atoms with Gasteiger partial charge in [-0.3, -0.25) is 4.55 Å². The van der Waals surface area contributed by atoms with Crippen LogP contribution >= 0.6 is 10.9 Å². The Morgan fingerprint density at radius 1 is 0.793 bits per heavy atom. The van der Waals surface area contributed by atoms with Gasteiger partial charge in [-0.2, -0.15) is 19.3 Å². The van der Waals surface area contributed by atoms with Crippen molar-refractivity contribution in [3.8, 4) is 5.75 Å². The van der Waals surface area contributed by atoms with Gasteiger partial charge in [-0.1, -0.05) is 36.4 Å². The molecule has 8 saturated carbocycles. The maximum absolute atomic E-state index is 13.7. The van der Waals surface area contributed by atoms with E-state index in [2.05, 4.69) is 74.5 Å². The van der Waals surface area contributed by atoms with Crippen LogP contribution in [0.25, 0.3) is 0 Å². The lowest BCUT2D eigenvalue weighted by molar-refractivity contribution is -0.222. The lowest BCUT2D eigenvalue weighted by atomic mass is 9.36. The molecular weight excluding hydrogens is 780 g/mol. The summed E-state index contributed by atoms with van der Waals surface area (Å²) in [5, 5.41) is 0. The quantitative estimate of drug-likeness (QED) is 0.0984. The van der Waals surface area contributed by atoms with Gasteiger partial charge in [0.15, 0.2) is 6.61 Å². The van der Waals surface area contributed by atoms with E-state index in [1.54, 1.807) is 0 Å². The monoisotopic (exact) mass is 834 g/mol. The van der Waals surface area contributed by atoms with E-state index in [4.69, 9.17) is 23.5 Å². The largest absolute Gasteiger partial charge is 0.508 e. The number of rotatable bonds is 13. The van der Waals surface area contributed by atoms with Crippen molar-refractivity contribution in [1.29, 1.82) is 0 Å². The van der Waals surface area contributed by atoms with Crippen LogP contribution in [0.1, 0.15) is 75.3 Å². The molecule has 0 amide bonds. The van der Waals surface area contributed by atoms with E-state index in [1.165, 1.54) is 33.9 Å². The first-order chi connectivity index (χ1) is 27.8. The summed E-state index contributed by atoms with van der Waals surface area (Å²) in [4.78, 5) is 29.7. The molecule has 1 N–H and O–H groups in total. The smallest absolute Gasteiger partial charge is 0.481 e. The van der Waals surface area contributed by atoms with Crippen LogP contribution in [-0.4, -0.2) is 56.5 Å². The van der Waals surface area contributed by atoms with Crippen LogP contribution < -0.4 is 4.74 Å². The molecule has 8 aliphatic carbocycles. The standard InChI is InChI=1S/C46H55FO9S2/c1-28-13-38(57(36-9-5-3-6-10-36)37-11-7-4-8-12-37)14-29(2)42(28)53-25-40(48)56-43-34-16-32-17-35(43)19-33(18-34)41(32)46-22-30-15-31(23-46)21-45(20-30,26-46)27-55-44(49)54-24-39(47)58(50,51)52/h3-14,30-35,39,41,43,57H,15-27H2,1-2H3,(H,50,51,52). The molecule has 8 aliphatic rings. The highest BCUT2D eigenvalue weighted by Crippen LogP contribution is 2.73. The van der Waals surface area contributed by atoms with Gasteiger partial charge in [0.05, 0.1) is 0 Å². The summed E-state index contributed by atoms with van der Waals surface area (Å²) in [6.45, 7) is 3.08. The van der Waals surface area contributed by atoms with E-state index in [9.17, 15) is 22.4 Å². The van der Waals surface area contributed by atoms with Crippen molar-refractivity contribution < 1.29 is 45.9 Å². The molecule has 11 rings (SSSR count). The van der Waals surface area contributed by atoms with E-state index in [1.807, 2.05) is 12.1 Å². The van der Waals surface area contributed by atoms with Gasteiger partial charge in [0, 0.05) is 5.41 Å². The average Bonchev–Trinajstić information content (AvgIpc) is 3.17. The molecule has 312 valence electrons. The maximum atomic E-state index is 13.7. The van der Waals surface area contributed by atoms with Gasteiger partial charge in [0.1, 0.15) is 25.1 Å². The maximum Gasteiger partial charge on any atom is 0.508 e. The number of aryl methyl sites for hydroxylation is 2. The Kier molecular flexibility index (Phi) is 10.6. The molecule has 8 fully saturated rings. The van der Waals surface area contributed by atoms with Gasteiger partial charge >= 0.3 is 22.2 Å². The fraction of sp³-hybridized carbons (Fsp3) is 0.565. The highest BCUT2D eigenvalue weighted by atomic mass is 32.2. The van der Waals surface area contributed by atoms with E-state index in [-0.39, 0.29) is 36.1 Å². The van der Waals surface area contributed by atoms with Gasteiger partial charge in [0.2, 0.25) is 0 Å². The Morgan fingerprint density at radius 3 is 1.88 bits per heavy atom. The van der Waals surface area contributed by atoms with Crippen LogP contribution in [0.15, 0.2) is 87.5 Å². The summed E-state index contributed by atoms with van der Waals surface area (Å²) < 4.78 is 67.3. The van der Waals surface area contributed by atoms with Crippen LogP contribution in [0.4, 0.5) is 9.18 Å². The van der Waals surface area contributed by atoms with E-state index in [0.717, 1.165) is 61.8 Å². The van der Waals surface area contributed by atoms with Crippen molar-refractivity contribution >= 4 is 33.1 Å². The van der Waals surface area contributed by atoms with Crippen LogP contribution in [0, 0.1) is 66.1 Å². The van der Waals surface area contributed by atoms with Gasteiger partial charge in [-0.05, 0) is 187 Å². The summed E-state index contributed by atoms with van der Waals surface area (Å²) in [6, 6.07) is 25.7. The third kappa shape index (κ3) is 7.66. The Morgan fingerprint density at radius 2 is 1.34 bits per heavy atom. The molecule has 0 saturated heterocycles. The molecule has 3 aromatic rings. The number of halogens is 1. The average molecular weight is 835 g/mol. The zero-order valence-electron chi connectivity index (χ0n) is 33.3. The Labute approximate surface area is 343 Å². The summed E-state index contributed by atoms with van der Waals surface area (Å²) in [6.07, 6.45) is 9.78. The number of hydrogen-bond donors (Lipinski definition) is 2. The molecule has 8 bridgehead atoms. The number of esters is 1. The van der Waals surface area contributed by atoms with Gasteiger partial charge in [-0.25, -0.2) is 14.0 Å². The number of carbonyl (C=O) groups is 2. The molecule has 0 heterocycles. The predicted octanol–water partition coefficient (Wildman–Crippen LogP) is 9.68. The van der Waals surface area contributed by atoms with Crippen LogP contribution in [0.2, 0.25) is 0 Å². The number of alkyl halides is 1. The van der Waals surface area contributed by atoms with Crippen LogP contribution in [0.5, 0.6) is 5.75 Å². The Bertz CT molecular complexity index is 2020. The molecule has 58 heavy (non-hydrogen) atoms. The van der Waals surface area contributed by atoms with Crippen molar-refractivity contribution in [2.45, 2.75) is 104 Å². The zero-order chi connectivity index (χ0) is 40.4. The predicted molar refractivity (Wildman–Crippen MR) is 217 cm³/mol.